The van der Waals surface area contributed by atoms with Crippen LogP contribution >= 0.6 is 0 Å². The Kier molecular flexibility index (Phi) is 5.60. The third-order valence-corrected chi connectivity index (χ3v) is 6.15. The van der Waals surface area contributed by atoms with E-state index >= 15 is 0 Å². The van der Waals surface area contributed by atoms with Gasteiger partial charge in [0.25, 0.3) is 0 Å². The highest BCUT2D eigenvalue weighted by Gasteiger charge is 2.33. The van der Waals surface area contributed by atoms with Gasteiger partial charge in [-0.3, -0.25) is 9.59 Å². The number of carbonyl (C=O) groups excluding carboxylic acids is 2. The van der Waals surface area contributed by atoms with Crippen molar-refractivity contribution in [3.8, 4) is 0 Å². The van der Waals surface area contributed by atoms with Crippen molar-refractivity contribution in [1.29, 1.82) is 0 Å². The molecule has 6 heteroatoms. The molecule has 6 nitrogen and oxygen atoms in total. The fourth-order valence-electron chi connectivity index (χ4n) is 4.36. The van der Waals surface area contributed by atoms with Gasteiger partial charge in [0.15, 0.2) is 5.82 Å². The first kappa shape index (κ1) is 19.6. The van der Waals surface area contributed by atoms with Gasteiger partial charge in [-0.05, 0) is 31.7 Å². The molecule has 0 bridgehead atoms. The van der Waals surface area contributed by atoms with Crippen LogP contribution in [-0.4, -0.2) is 44.7 Å². The Balaban J connectivity index is 1.56. The summed E-state index contributed by atoms with van der Waals surface area (Å²) in [6.45, 7) is 5.59. The summed E-state index contributed by atoms with van der Waals surface area (Å²) < 4.78 is 0. The lowest BCUT2D eigenvalue weighted by Crippen LogP contribution is -2.41. The molecule has 0 unspecified atom stereocenters. The van der Waals surface area contributed by atoms with Gasteiger partial charge in [-0.2, -0.15) is 0 Å². The van der Waals surface area contributed by atoms with Crippen molar-refractivity contribution in [2.45, 2.75) is 58.0 Å². The van der Waals surface area contributed by atoms with E-state index in [0.717, 1.165) is 54.9 Å². The standard InChI is InChI=1S/C23H28N4O2/c1-16(18-8-4-3-5-9-18)23(29)27-12-7-6-10-21(27)22-24-14-19-15-26(17(2)28)13-11-20(19)25-22/h3-5,8-9,14,16,21H,6-7,10-13,15H2,1-2H3/t16-,21-/m0/s1. The molecule has 0 radical (unpaired) electrons. The molecule has 2 atom stereocenters. The second kappa shape index (κ2) is 8.31. The Hall–Kier alpha value is -2.76. The number of aromatic nitrogens is 2. The van der Waals surface area contributed by atoms with Gasteiger partial charge >= 0.3 is 0 Å². The van der Waals surface area contributed by atoms with Gasteiger partial charge in [-0.15, -0.1) is 0 Å². The summed E-state index contributed by atoms with van der Waals surface area (Å²) in [5.74, 6) is 0.788. The van der Waals surface area contributed by atoms with E-state index in [0.29, 0.717) is 13.1 Å². The van der Waals surface area contributed by atoms with E-state index in [1.165, 1.54) is 0 Å². The number of nitrogens with zero attached hydrogens (tertiary/aromatic N) is 4. The van der Waals surface area contributed by atoms with E-state index in [1.54, 1.807) is 6.92 Å². The van der Waals surface area contributed by atoms with Gasteiger partial charge in [0.1, 0.15) is 0 Å². The van der Waals surface area contributed by atoms with Crippen LogP contribution in [-0.2, 0) is 22.6 Å². The highest BCUT2D eigenvalue weighted by atomic mass is 16.2. The molecule has 2 amide bonds. The Morgan fingerprint density at radius 1 is 1.14 bits per heavy atom. The van der Waals surface area contributed by atoms with Crippen LogP contribution < -0.4 is 0 Å². The second-order valence-electron chi connectivity index (χ2n) is 8.07. The van der Waals surface area contributed by atoms with Crippen LogP contribution in [0.15, 0.2) is 36.5 Å². The average Bonchev–Trinajstić information content (AvgIpc) is 2.78. The first-order valence-electron chi connectivity index (χ1n) is 10.5. The van der Waals surface area contributed by atoms with Crippen LogP contribution in [0.3, 0.4) is 0 Å². The zero-order valence-corrected chi connectivity index (χ0v) is 17.2. The summed E-state index contributed by atoms with van der Waals surface area (Å²) in [4.78, 5) is 38.3. The number of rotatable bonds is 3. The Morgan fingerprint density at radius 3 is 2.69 bits per heavy atom. The topological polar surface area (TPSA) is 66.4 Å². The molecule has 4 rings (SSSR count). The molecule has 3 heterocycles. The molecular weight excluding hydrogens is 364 g/mol. The van der Waals surface area contributed by atoms with Crippen LogP contribution in [0.4, 0.5) is 0 Å². The van der Waals surface area contributed by atoms with Crippen molar-refractivity contribution in [2.75, 3.05) is 13.1 Å². The number of hydrogen-bond donors (Lipinski definition) is 0. The number of amides is 2. The minimum Gasteiger partial charge on any atom is -0.338 e. The minimum absolute atomic E-state index is 0.0708. The van der Waals surface area contributed by atoms with Crippen LogP contribution in [0, 0.1) is 0 Å². The van der Waals surface area contributed by atoms with E-state index < -0.39 is 0 Å². The third kappa shape index (κ3) is 4.02. The normalized spacial score (nSPS) is 20.1. The maximum absolute atomic E-state index is 13.3. The lowest BCUT2D eigenvalue weighted by Gasteiger charge is -2.37. The third-order valence-electron chi connectivity index (χ3n) is 6.15. The highest BCUT2D eigenvalue weighted by molar-refractivity contribution is 5.83. The Labute approximate surface area is 172 Å². The first-order valence-corrected chi connectivity index (χ1v) is 10.5. The molecule has 2 aliphatic rings. The van der Waals surface area contributed by atoms with E-state index in [4.69, 9.17) is 4.98 Å². The SMILES string of the molecule is CC(=O)N1CCc2nc([C@@H]3CCCCN3C(=O)[C@@H](C)c3ccccc3)ncc2C1. The van der Waals surface area contributed by atoms with Gasteiger partial charge in [-0.1, -0.05) is 30.3 Å². The number of benzene rings is 1. The van der Waals surface area contributed by atoms with Gasteiger partial charge in [-0.25, -0.2) is 9.97 Å². The summed E-state index contributed by atoms with van der Waals surface area (Å²) in [7, 11) is 0. The van der Waals surface area contributed by atoms with Gasteiger partial charge < -0.3 is 9.80 Å². The molecule has 0 saturated carbocycles. The lowest BCUT2D eigenvalue weighted by atomic mass is 9.95. The largest absolute Gasteiger partial charge is 0.338 e. The molecule has 1 saturated heterocycles. The summed E-state index contributed by atoms with van der Waals surface area (Å²) in [5, 5.41) is 0. The molecule has 29 heavy (non-hydrogen) atoms. The van der Waals surface area contributed by atoms with Crippen molar-refractivity contribution in [3.05, 3.63) is 59.2 Å². The summed E-state index contributed by atoms with van der Waals surface area (Å²) in [6.07, 6.45) is 5.58. The van der Waals surface area contributed by atoms with E-state index in [2.05, 4.69) is 4.98 Å². The zero-order chi connectivity index (χ0) is 20.4. The van der Waals surface area contributed by atoms with Crippen molar-refractivity contribution < 1.29 is 9.59 Å². The minimum atomic E-state index is -0.182. The molecule has 0 aliphatic carbocycles. The smallest absolute Gasteiger partial charge is 0.230 e. The van der Waals surface area contributed by atoms with Crippen LogP contribution in [0.5, 0.6) is 0 Å². The fraction of sp³-hybridized carbons (Fsp3) is 0.478. The van der Waals surface area contributed by atoms with Crippen LogP contribution in [0.2, 0.25) is 0 Å². The number of piperidine rings is 1. The Morgan fingerprint density at radius 2 is 1.93 bits per heavy atom. The van der Waals surface area contributed by atoms with Gasteiger partial charge in [0, 0.05) is 44.7 Å². The Bertz CT molecular complexity index is 899. The number of carbonyl (C=O) groups is 2. The van der Waals surface area contributed by atoms with Crippen molar-refractivity contribution in [1.82, 2.24) is 19.8 Å². The summed E-state index contributed by atoms with van der Waals surface area (Å²) in [5.41, 5.74) is 3.07. The maximum Gasteiger partial charge on any atom is 0.230 e. The number of hydrogen-bond acceptors (Lipinski definition) is 4. The average molecular weight is 393 g/mol. The van der Waals surface area contributed by atoms with Crippen molar-refractivity contribution >= 4 is 11.8 Å². The lowest BCUT2D eigenvalue weighted by molar-refractivity contribution is -0.136. The molecule has 1 aromatic carbocycles. The van der Waals surface area contributed by atoms with Gasteiger partial charge in [0.2, 0.25) is 11.8 Å². The number of likely N-dealkylation sites (tertiary alicyclic amines) is 1. The van der Waals surface area contributed by atoms with Crippen LogP contribution in [0.1, 0.15) is 67.7 Å². The van der Waals surface area contributed by atoms with Crippen LogP contribution in [0.25, 0.3) is 0 Å². The summed E-state index contributed by atoms with van der Waals surface area (Å²) >= 11 is 0. The molecule has 1 aromatic heterocycles. The molecule has 1 fully saturated rings. The van der Waals surface area contributed by atoms with Gasteiger partial charge in [0.05, 0.1) is 17.7 Å². The fourth-order valence-corrected chi connectivity index (χ4v) is 4.36. The van der Waals surface area contributed by atoms with E-state index in [1.807, 2.05) is 53.3 Å². The molecule has 2 aliphatic heterocycles. The van der Waals surface area contributed by atoms with E-state index in [9.17, 15) is 9.59 Å². The molecule has 152 valence electrons. The zero-order valence-electron chi connectivity index (χ0n) is 17.2. The predicted octanol–water partition coefficient (Wildman–Crippen LogP) is 3.24. The quantitative estimate of drug-likeness (QED) is 0.804. The number of fused-ring (bicyclic) bond motifs is 1. The highest BCUT2D eigenvalue weighted by Crippen LogP contribution is 2.32. The van der Waals surface area contributed by atoms with Crippen molar-refractivity contribution in [2.24, 2.45) is 0 Å². The maximum atomic E-state index is 13.3. The molecular formula is C23H28N4O2. The second-order valence-corrected chi connectivity index (χ2v) is 8.07. The van der Waals surface area contributed by atoms with E-state index in [-0.39, 0.29) is 23.8 Å². The predicted molar refractivity (Wildman–Crippen MR) is 110 cm³/mol. The monoisotopic (exact) mass is 392 g/mol. The summed E-state index contributed by atoms with van der Waals surface area (Å²) in [6, 6.07) is 9.88. The van der Waals surface area contributed by atoms with Crippen molar-refractivity contribution in [3.63, 3.8) is 0 Å². The molecule has 0 N–H and O–H groups in total. The molecule has 0 spiro atoms. The molecule has 2 aromatic rings. The first-order chi connectivity index (χ1) is 14.0.